The molecule has 1 unspecified atom stereocenters. The van der Waals surface area contributed by atoms with Crippen LogP contribution < -0.4 is 16.0 Å². The Morgan fingerprint density at radius 2 is 2.22 bits per heavy atom. The van der Waals surface area contributed by atoms with E-state index in [9.17, 15) is 4.79 Å². The van der Waals surface area contributed by atoms with E-state index in [0.717, 1.165) is 18.8 Å². The van der Waals surface area contributed by atoms with Crippen molar-refractivity contribution < 1.29 is 4.79 Å². The lowest BCUT2D eigenvalue weighted by molar-refractivity contribution is 0.100. The molecule has 3 N–H and O–H groups in total. The largest absolute Gasteiger partial charge is 0.372 e. The highest BCUT2D eigenvalue weighted by Gasteiger charge is 2.17. The lowest BCUT2D eigenvalue weighted by atomic mass is 10.0. The molecule has 1 aliphatic heterocycles. The van der Waals surface area contributed by atoms with E-state index >= 15 is 0 Å². The van der Waals surface area contributed by atoms with Gasteiger partial charge >= 0.3 is 0 Å². The maximum atomic E-state index is 11.4. The minimum absolute atomic E-state index is 0.367. The average Bonchev–Trinajstić information content (AvgIpc) is 2.40. The molecule has 2 rings (SSSR count). The van der Waals surface area contributed by atoms with E-state index in [1.807, 2.05) is 25.2 Å². The quantitative estimate of drug-likeness (QED) is 0.844. The van der Waals surface area contributed by atoms with Gasteiger partial charge in [-0.05, 0) is 31.5 Å². The topological polar surface area (TPSA) is 58.4 Å². The van der Waals surface area contributed by atoms with Crippen molar-refractivity contribution in [2.45, 2.75) is 25.3 Å². The van der Waals surface area contributed by atoms with Crippen LogP contribution in [0, 0.1) is 0 Å². The maximum absolute atomic E-state index is 11.4. The van der Waals surface area contributed by atoms with Gasteiger partial charge in [-0.2, -0.15) is 0 Å². The lowest BCUT2D eigenvalue weighted by Crippen LogP contribution is -2.42. The third-order valence-corrected chi connectivity index (χ3v) is 3.49. The molecule has 4 heteroatoms. The Kier molecular flexibility index (Phi) is 4.20. The zero-order chi connectivity index (χ0) is 13.0. The highest BCUT2D eigenvalue weighted by atomic mass is 16.1. The molecule has 0 radical (unpaired) electrons. The number of likely N-dealkylation sites (N-methyl/N-ethyl adjacent to an activating group) is 1. The molecule has 1 saturated heterocycles. The summed E-state index contributed by atoms with van der Waals surface area (Å²) >= 11 is 0. The van der Waals surface area contributed by atoms with Gasteiger partial charge in [-0.15, -0.1) is 0 Å². The summed E-state index contributed by atoms with van der Waals surface area (Å²) < 4.78 is 0. The van der Waals surface area contributed by atoms with Gasteiger partial charge < -0.3 is 16.0 Å². The molecule has 18 heavy (non-hydrogen) atoms. The van der Waals surface area contributed by atoms with Gasteiger partial charge in [0.2, 0.25) is 0 Å². The fourth-order valence-corrected chi connectivity index (χ4v) is 2.52. The van der Waals surface area contributed by atoms with Crippen LogP contribution in [0.4, 0.5) is 5.69 Å². The minimum Gasteiger partial charge on any atom is -0.372 e. The van der Waals surface area contributed by atoms with Crippen LogP contribution in [0.25, 0.3) is 0 Å². The molecular formula is C14H21N3O. The van der Waals surface area contributed by atoms with Crippen molar-refractivity contribution in [3.05, 3.63) is 29.8 Å². The number of piperidine rings is 1. The third-order valence-electron chi connectivity index (χ3n) is 3.49. The normalized spacial score (nSPS) is 19.5. The number of carbonyl (C=O) groups is 1. The van der Waals surface area contributed by atoms with Gasteiger partial charge in [-0.3, -0.25) is 4.79 Å². The molecule has 4 nitrogen and oxygen atoms in total. The molecule has 0 aromatic heterocycles. The van der Waals surface area contributed by atoms with Crippen LogP contribution in [0.1, 0.15) is 29.6 Å². The number of rotatable bonds is 4. The number of nitrogens with zero attached hydrogens (tertiary/aromatic N) is 1. The van der Waals surface area contributed by atoms with Gasteiger partial charge in [0.1, 0.15) is 0 Å². The standard InChI is InChI=1S/C14H21N3O/c1-17(10-11-6-4-5-9-16-11)13-8-3-2-7-12(13)14(15)18/h2-3,7-8,11,16H,4-6,9-10H2,1H3,(H2,15,18). The Morgan fingerprint density at radius 3 is 2.89 bits per heavy atom. The number of nitrogens with two attached hydrogens (primary N) is 1. The fraction of sp³-hybridized carbons (Fsp3) is 0.500. The Balaban J connectivity index is 2.08. The molecule has 1 fully saturated rings. The van der Waals surface area contributed by atoms with Crippen molar-refractivity contribution in [2.24, 2.45) is 5.73 Å². The maximum Gasteiger partial charge on any atom is 0.250 e. The van der Waals surface area contributed by atoms with Crippen molar-refractivity contribution >= 4 is 11.6 Å². The molecule has 0 saturated carbocycles. The van der Waals surface area contributed by atoms with E-state index in [1.165, 1.54) is 19.3 Å². The van der Waals surface area contributed by atoms with Crippen LogP contribution in [0.15, 0.2) is 24.3 Å². The number of hydrogen-bond donors (Lipinski definition) is 2. The highest BCUT2D eigenvalue weighted by Crippen LogP contribution is 2.20. The molecule has 1 aliphatic rings. The summed E-state index contributed by atoms with van der Waals surface area (Å²) in [4.78, 5) is 13.5. The van der Waals surface area contributed by atoms with E-state index in [1.54, 1.807) is 6.07 Å². The molecule has 0 spiro atoms. The van der Waals surface area contributed by atoms with Crippen molar-refractivity contribution in [2.75, 3.05) is 25.0 Å². The Morgan fingerprint density at radius 1 is 1.44 bits per heavy atom. The first-order valence-electron chi connectivity index (χ1n) is 6.52. The minimum atomic E-state index is -0.367. The molecular weight excluding hydrogens is 226 g/mol. The zero-order valence-electron chi connectivity index (χ0n) is 10.9. The summed E-state index contributed by atoms with van der Waals surface area (Å²) in [6, 6.07) is 8.01. The van der Waals surface area contributed by atoms with Crippen molar-refractivity contribution in [1.29, 1.82) is 0 Å². The number of hydrogen-bond acceptors (Lipinski definition) is 3. The molecule has 1 heterocycles. The Labute approximate surface area is 108 Å². The van der Waals surface area contributed by atoms with E-state index in [0.29, 0.717) is 11.6 Å². The number of carbonyl (C=O) groups excluding carboxylic acids is 1. The van der Waals surface area contributed by atoms with Crippen LogP contribution in [0.2, 0.25) is 0 Å². The number of benzene rings is 1. The first-order chi connectivity index (χ1) is 8.68. The molecule has 0 bridgehead atoms. The van der Waals surface area contributed by atoms with Gasteiger partial charge in [-0.25, -0.2) is 0 Å². The molecule has 1 atom stereocenters. The number of nitrogens with one attached hydrogen (secondary N) is 1. The van der Waals surface area contributed by atoms with E-state index in [4.69, 9.17) is 5.73 Å². The van der Waals surface area contributed by atoms with Gasteiger partial charge in [0.05, 0.1) is 5.56 Å². The van der Waals surface area contributed by atoms with Gasteiger partial charge in [0.15, 0.2) is 0 Å². The summed E-state index contributed by atoms with van der Waals surface area (Å²) in [6.07, 6.45) is 3.74. The van der Waals surface area contributed by atoms with Crippen LogP contribution in [-0.4, -0.2) is 32.1 Å². The Bertz CT molecular complexity index is 413. The predicted octanol–water partition coefficient (Wildman–Crippen LogP) is 1.36. The molecule has 1 amide bonds. The van der Waals surface area contributed by atoms with E-state index in [-0.39, 0.29) is 5.91 Å². The van der Waals surface area contributed by atoms with Gasteiger partial charge in [-0.1, -0.05) is 18.6 Å². The third kappa shape index (κ3) is 3.01. The summed E-state index contributed by atoms with van der Waals surface area (Å²) in [5.41, 5.74) is 6.91. The zero-order valence-corrected chi connectivity index (χ0v) is 10.9. The summed E-state index contributed by atoms with van der Waals surface area (Å²) in [5.74, 6) is -0.367. The molecule has 1 aromatic rings. The number of para-hydroxylation sites is 1. The average molecular weight is 247 g/mol. The monoisotopic (exact) mass is 247 g/mol. The van der Waals surface area contributed by atoms with Gasteiger partial charge in [0.25, 0.3) is 5.91 Å². The first kappa shape index (κ1) is 12.9. The van der Waals surface area contributed by atoms with Crippen LogP contribution in [0.5, 0.6) is 0 Å². The fourth-order valence-electron chi connectivity index (χ4n) is 2.52. The second-order valence-corrected chi connectivity index (χ2v) is 4.91. The van der Waals surface area contributed by atoms with Crippen LogP contribution in [-0.2, 0) is 0 Å². The Hall–Kier alpha value is -1.55. The molecule has 0 aliphatic carbocycles. The molecule has 98 valence electrons. The van der Waals surface area contributed by atoms with Crippen molar-refractivity contribution in [1.82, 2.24) is 5.32 Å². The van der Waals surface area contributed by atoms with Crippen molar-refractivity contribution in [3.8, 4) is 0 Å². The second kappa shape index (κ2) is 5.87. The number of amides is 1. The van der Waals surface area contributed by atoms with Gasteiger partial charge in [0, 0.05) is 25.3 Å². The van der Waals surface area contributed by atoms with Crippen molar-refractivity contribution in [3.63, 3.8) is 0 Å². The first-order valence-corrected chi connectivity index (χ1v) is 6.52. The highest BCUT2D eigenvalue weighted by molar-refractivity contribution is 5.98. The number of anilines is 1. The summed E-state index contributed by atoms with van der Waals surface area (Å²) in [7, 11) is 2.01. The van der Waals surface area contributed by atoms with Crippen LogP contribution >= 0.6 is 0 Å². The molecule has 1 aromatic carbocycles. The number of primary amides is 1. The SMILES string of the molecule is CN(CC1CCCCN1)c1ccccc1C(N)=O. The van der Waals surface area contributed by atoms with E-state index < -0.39 is 0 Å². The summed E-state index contributed by atoms with van der Waals surface area (Å²) in [5, 5.41) is 3.51. The van der Waals surface area contributed by atoms with Crippen LogP contribution in [0.3, 0.4) is 0 Å². The smallest absolute Gasteiger partial charge is 0.250 e. The lowest BCUT2D eigenvalue weighted by Gasteiger charge is -2.30. The summed E-state index contributed by atoms with van der Waals surface area (Å²) in [6.45, 7) is 2.00. The second-order valence-electron chi connectivity index (χ2n) is 4.91. The van der Waals surface area contributed by atoms with E-state index in [2.05, 4.69) is 10.2 Å². The predicted molar refractivity (Wildman–Crippen MR) is 73.9 cm³/mol.